The molecule has 1 aromatic rings. The van der Waals surface area contributed by atoms with Gasteiger partial charge in [0.1, 0.15) is 12.4 Å². The van der Waals surface area contributed by atoms with E-state index in [4.69, 9.17) is 0 Å². The summed E-state index contributed by atoms with van der Waals surface area (Å²) in [5.41, 5.74) is 0. The molecular formula is C16H31N2+. The molecule has 0 aliphatic heterocycles. The Bertz CT molecular complexity index is 291. The average molecular weight is 251 g/mol. The van der Waals surface area contributed by atoms with Crippen LogP contribution in [0.2, 0.25) is 0 Å². The van der Waals surface area contributed by atoms with Crippen molar-refractivity contribution >= 4 is 0 Å². The summed E-state index contributed by atoms with van der Waals surface area (Å²) >= 11 is 0. The van der Waals surface area contributed by atoms with Gasteiger partial charge in [-0.15, -0.1) is 0 Å². The van der Waals surface area contributed by atoms with Gasteiger partial charge >= 0.3 is 0 Å². The molecule has 2 nitrogen and oxygen atoms in total. The van der Waals surface area contributed by atoms with E-state index in [0.29, 0.717) is 0 Å². The van der Waals surface area contributed by atoms with Gasteiger partial charge in [-0.25, -0.2) is 9.13 Å². The Labute approximate surface area is 113 Å². The third-order valence-corrected chi connectivity index (χ3v) is 3.50. The van der Waals surface area contributed by atoms with Crippen LogP contribution < -0.4 is 4.57 Å². The molecule has 0 radical (unpaired) electrons. The smallest absolute Gasteiger partial charge is 0.237 e. The lowest BCUT2D eigenvalue weighted by atomic mass is 10.1. The average Bonchev–Trinajstić information content (AvgIpc) is 2.81. The van der Waals surface area contributed by atoms with Crippen LogP contribution in [-0.2, 0) is 13.1 Å². The first-order valence-corrected chi connectivity index (χ1v) is 7.91. The van der Waals surface area contributed by atoms with Gasteiger partial charge in [0.15, 0.2) is 0 Å². The van der Waals surface area contributed by atoms with Gasteiger partial charge in [0.05, 0.1) is 13.1 Å². The second kappa shape index (κ2) is 10.2. The molecule has 0 amide bonds. The summed E-state index contributed by atoms with van der Waals surface area (Å²) in [7, 11) is 0. The molecule has 0 saturated carbocycles. The van der Waals surface area contributed by atoms with E-state index in [0.717, 1.165) is 6.54 Å². The van der Waals surface area contributed by atoms with Crippen molar-refractivity contribution in [3.8, 4) is 0 Å². The first-order valence-electron chi connectivity index (χ1n) is 7.91. The summed E-state index contributed by atoms with van der Waals surface area (Å²) in [6.07, 6.45) is 19.1. The third kappa shape index (κ3) is 6.83. The van der Waals surface area contributed by atoms with Crippen LogP contribution in [0.25, 0.3) is 0 Å². The Morgan fingerprint density at radius 1 is 0.833 bits per heavy atom. The standard InChI is InChI=1S/C16H31N2/c1-3-5-6-7-8-9-10-11-13-18-15-14-17(16-18)12-4-2/h14-16H,3-13H2,1-2H3/q+1. The minimum absolute atomic E-state index is 1.14. The van der Waals surface area contributed by atoms with Crippen molar-refractivity contribution in [2.24, 2.45) is 0 Å². The van der Waals surface area contributed by atoms with Gasteiger partial charge < -0.3 is 0 Å². The van der Waals surface area contributed by atoms with Crippen LogP contribution in [0.4, 0.5) is 0 Å². The SMILES string of the molecule is CCCCCCCCCCn1cc[n+](CCC)c1. The number of imidazole rings is 1. The minimum Gasteiger partial charge on any atom is -0.237 e. The summed E-state index contributed by atoms with van der Waals surface area (Å²) < 4.78 is 4.61. The molecule has 18 heavy (non-hydrogen) atoms. The number of hydrogen-bond donors (Lipinski definition) is 0. The van der Waals surface area contributed by atoms with Crippen LogP contribution in [0.1, 0.15) is 71.6 Å². The number of nitrogens with zero attached hydrogens (tertiary/aromatic N) is 2. The quantitative estimate of drug-likeness (QED) is 0.409. The van der Waals surface area contributed by atoms with Crippen molar-refractivity contribution in [3.05, 3.63) is 18.7 Å². The maximum atomic E-state index is 2.33. The zero-order valence-corrected chi connectivity index (χ0v) is 12.4. The maximum Gasteiger partial charge on any atom is 0.243 e. The van der Waals surface area contributed by atoms with Crippen molar-refractivity contribution < 1.29 is 4.57 Å². The van der Waals surface area contributed by atoms with Gasteiger partial charge in [0.25, 0.3) is 0 Å². The van der Waals surface area contributed by atoms with Crippen LogP contribution in [0.15, 0.2) is 18.7 Å². The summed E-state index contributed by atoms with van der Waals surface area (Å²) in [6.45, 7) is 6.83. The Kier molecular flexibility index (Phi) is 8.62. The van der Waals surface area contributed by atoms with Gasteiger partial charge in [0, 0.05) is 0 Å². The minimum atomic E-state index is 1.14. The molecule has 0 spiro atoms. The normalized spacial score (nSPS) is 11.0. The largest absolute Gasteiger partial charge is 0.243 e. The topological polar surface area (TPSA) is 8.81 Å². The monoisotopic (exact) mass is 251 g/mol. The van der Waals surface area contributed by atoms with Gasteiger partial charge in [-0.05, 0) is 19.3 Å². The molecular weight excluding hydrogens is 220 g/mol. The highest BCUT2D eigenvalue weighted by Gasteiger charge is 2.01. The van der Waals surface area contributed by atoms with Crippen molar-refractivity contribution in [2.45, 2.75) is 84.7 Å². The molecule has 0 fully saturated rings. The fourth-order valence-corrected chi connectivity index (χ4v) is 2.39. The van der Waals surface area contributed by atoms with E-state index < -0.39 is 0 Å². The van der Waals surface area contributed by atoms with E-state index in [9.17, 15) is 0 Å². The first kappa shape index (κ1) is 15.3. The summed E-state index contributed by atoms with van der Waals surface area (Å²) in [5.74, 6) is 0. The lowest BCUT2D eigenvalue weighted by molar-refractivity contribution is -0.696. The zero-order chi connectivity index (χ0) is 13.1. The highest BCUT2D eigenvalue weighted by atomic mass is 15.1. The van der Waals surface area contributed by atoms with Crippen molar-refractivity contribution in [2.75, 3.05) is 0 Å². The van der Waals surface area contributed by atoms with Crippen molar-refractivity contribution in [1.82, 2.24) is 4.57 Å². The number of hydrogen-bond acceptors (Lipinski definition) is 0. The number of aryl methyl sites for hydroxylation is 2. The summed E-state index contributed by atoms with van der Waals surface area (Å²) in [4.78, 5) is 0. The van der Waals surface area contributed by atoms with E-state index in [1.54, 1.807) is 0 Å². The fourth-order valence-electron chi connectivity index (χ4n) is 2.39. The van der Waals surface area contributed by atoms with Crippen LogP contribution >= 0.6 is 0 Å². The maximum absolute atomic E-state index is 2.33. The predicted octanol–water partition coefficient (Wildman–Crippen LogP) is 4.33. The van der Waals surface area contributed by atoms with Crippen LogP contribution in [-0.4, -0.2) is 4.57 Å². The Morgan fingerprint density at radius 3 is 2.17 bits per heavy atom. The third-order valence-electron chi connectivity index (χ3n) is 3.50. The molecule has 0 unspecified atom stereocenters. The molecule has 0 atom stereocenters. The Morgan fingerprint density at radius 2 is 1.50 bits per heavy atom. The summed E-state index contributed by atoms with van der Waals surface area (Å²) in [6, 6.07) is 0. The van der Waals surface area contributed by atoms with Gasteiger partial charge in [-0.3, -0.25) is 0 Å². The van der Waals surface area contributed by atoms with Crippen LogP contribution in [0, 0.1) is 0 Å². The predicted molar refractivity (Wildman–Crippen MR) is 77.5 cm³/mol. The molecule has 2 heteroatoms. The second-order valence-corrected chi connectivity index (χ2v) is 5.36. The molecule has 0 aliphatic rings. The number of rotatable bonds is 11. The summed E-state index contributed by atoms with van der Waals surface area (Å²) in [5, 5.41) is 0. The Balaban J connectivity index is 1.96. The van der Waals surface area contributed by atoms with E-state index in [1.165, 1.54) is 64.3 Å². The van der Waals surface area contributed by atoms with Crippen LogP contribution in [0.3, 0.4) is 0 Å². The molecule has 104 valence electrons. The molecule has 0 aliphatic carbocycles. The lowest BCUT2D eigenvalue weighted by Crippen LogP contribution is -2.30. The molecule has 0 saturated heterocycles. The number of unbranched alkanes of at least 4 members (excludes halogenated alkanes) is 7. The van der Waals surface area contributed by atoms with E-state index in [1.807, 2.05) is 0 Å². The molecule has 1 heterocycles. The zero-order valence-electron chi connectivity index (χ0n) is 12.4. The molecule has 0 N–H and O–H groups in total. The first-order chi connectivity index (χ1) is 8.86. The van der Waals surface area contributed by atoms with Gasteiger partial charge in [-0.2, -0.15) is 0 Å². The van der Waals surface area contributed by atoms with E-state index in [-0.39, 0.29) is 0 Å². The number of aromatic nitrogens is 2. The van der Waals surface area contributed by atoms with E-state index in [2.05, 4.69) is 41.7 Å². The molecule has 0 bridgehead atoms. The highest BCUT2D eigenvalue weighted by Crippen LogP contribution is 2.08. The van der Waals surface area contributed by atoms with Crippen molar-refractivity contribution in [3.63, 3.8) is 0 Å². The lowest BCUT2D eigenvalue weighted by Gasteiger charge is -2.00. The van der Waals surface area contributed by atoms with E-state index >= 15 is 0 Å². The Hall–Kier alpha value is -0.790. The molecule has 0 aromatic carbocycles. The highest BCUT2D eigenvalue weighted by molar-refractivity contribution is 4.66. The van der Waals surface area contributed by atoms with Crippen molar-refractivity contribution in [1.29, 1.82) is 0 Å². The molecule has 1 aromatic heterocycles. The van der Waals surface area contributed by atoms with Gasteiger partial charge in [-0.1, -0.05) is 52.4 Å². The second-order valence-electron chi connectivity index (χ2n) is 5.36. The van der Waals surface area contributed by atoms with Gasteiger partial charge in [0.2, 0.25) is 6.33 Å². The fraction of sp³-hybridized carbons (Fsp3) is 0.812. The van der Waals surface area contributed by atoms with Crippen LogP contribution in [0.5, 0.6) is 0 Å². The molecule has 1 rings (SSSR count).